The third-order valence-electron chi connectivity index (χ3n) is 3.12. The number of ether oxygens (including phenoxy) is 1. The van der Waals surface area contributed by atoms with Crippen LogP contribution in [-0.4, -0.2) is 4.98 Å². The third kappa shape index (κ3) is 2.28. The number of pyridine rings is 1. The zero-order valence-electron chi connectivity index (χ0n) is 10.9. The number of nitrogen functional groups attached to an aromatic ring is 1. The second kappa shape index (κ2) is 5.02. The minimum atomic E-state index is 0.490. The molecule has 100 valence electrons. The molecule has 0 spiro atoms. The molecule has 1 aromatic heterocycles. The number of aromatic nitrogens is 1. The maximum atomic E-state index is 6.05. The second-order valence-corrected chi connectivity index (χ2v) is 4.97. The van der Waals surface area contributed by atoms with E-state index in [-0.39, 0.29) is 0 Å². The molecule has 0 aliphatic rings. The van der Waals surface area contributed by atoms with Gasteiger partial charge in [0, 0.05) is 17.6 Å². The number of benzene rings is 2. The molecule has 0 saturated carbocycles. The summed E-state index contributed by atoms with van der Waals surface area (Å²) in [5.41, 5.74) is 8.16. The number of aryl methyl sites for hydroxylation is 1. The van der Waals surface area contributed by atoms with E-state index >= 15 is 0 Å². The first-order valence-corrected chi connectivity index (χ1v) is 6.60. The predicted molar refractivity (Wildman–Crippen MR) is 82.4 cm³/mol. The average Bonchev–Trinajstić information content (AvgIpc) is 2.45. The molecule has 4 heteroatoms. The highest BCUT2D eigenvalue weighted by Gasteiger charge is 2.08. The average molecular weight is 285 g/mol. The van der Waals surface area contributed by atoms with Gasteiger partial charge in [0.05, 0.1) is 16.2 Å². The lowest BCUT2D eigenvalue weighted by atomic mass is 10.2. The number of nitrogens with zero attached hydrogens (tertiary/aromatic N) is 1. The lowest BCUT2D eigenvalue weighted by Gasteiger charge is -2.12. The molecule has 3 aromatic rings. The SMILES string of the molecule is Cc1cc(N)c(Cl)cc1Oc1cccc2ncccc12. The van der Waals surface area contributed by atoms with Crippen LogP contribution in [0.2, 0.25) is 5.02 Å². The van der Waals surface area contributed by atoms with Gasteiger partial charge in [-0.3, -0.25) is 4.98 Å². The van der Waals surface area contributed by atoms with Crippen molar-refractivity contribution in [1.82, 2.24) is 4.98 Å². The molecule has 0 aliphatic heterocycles. The molecule has 2 N–H and O–H groups in total. The number of hydrogen-bond donors (Lipinski definition) is 1. The largest absolute Gasteiger partial charge is 0.456 e. The highest BCUT2D eigenvalue weighted by Crippen LogP contribution is 2.34. The zero-order chi connectivity index (χ0) is 14.1. The van der Waals surface area contributed by atoms with E-state index in [4.69, 9.17) is 22.1 Å². The fourth-order valence-corrected chi connectivity index (χ4v) is 2.23. The van der Waals surface area contributed by atoms with Gasteiger partial charge in [-0.1, -0.05) is 17.7 Å². The van der Waals surface area contributed by atoms with Gasteiger partial charge < -0.3 is 10.5 Å². The second-order valence-electron chi connectivity index (χ2n) is 4.57. The van der Waals surface area contributed by atoms with Crippen LogP contribution in [0.3, 0.4) is 0 Å². The van der Waals surface area contributed by atoms with E-state index in [2.05, 4.69) is 4.98 Å². The molecule has 3 rings (SSSR count). The van der Waals surface area contributed by atoms with E-state index in [0.29, 0.717) is 16.5 Å². The Kier molecular flexibility index (Phi) is 3.20. The Morgan fingerprint density at radius 2 is 1.95 bits per heavy atom. The summed E-state index contributed by atoms with van der Waals surface area (Å²) in [7, 11) is 0. The van der Waals surface area contributed by atoms with Gasteiger partial charge in [0.25, 0.3) is 0 Å². The molecular formula is C16H13ClN2O. The molecule has 0 bridgehead atoms. The fraction of sp³-hybridized carbons (Fsp3) is 0.0625. The Balaban J connectivity index is 2.08. The Labute approximate surface area is 122 Å². The molecule has 0 atom stereocenters. The van der Waals surface area contributed by atoms with Gasteiger partial charge in [-0.15, -0.1) is 0 Å². The maximum absolute atomic E-state index is 6.05. The normalized spacial score (nSPS) is 10.7. The van der Waals surface area contributed by atoms with Gasteiger partial charge in [0.1, 0.15) is 11.5 Å². The van der Waals surface area contributed by atoms with Gasteiger partial charge >= 0.3 is 0 Å². The number of nitrogens with two attached hydrogens (primary N) is 1. The third-order valence-corrected chi connectivity index (χ3v) is 3.45. The van der Waals surface area contributed by atoms with Gasteiger partial charge in [-0.2, -0.15) is 0 Å². The molecular weight excluding hydrogens is 272 g/mol. The minimum absolute atomic E-state index is 0.490. The molecule has 20 heavy (non-hydrogen) atoms. The summed E-state index contributed by atoms with van der Waals surface area (Å²) in [5, 5.41) is 1.45. The van der Waals surface area contributed by atoms with Crippen LogP contribution in [0.1, 0.15) is 5.56 Å². The molecule has 0 amide bonds. The summed E-state index contributed by atoms with van der Waals surface area (Å²) in [6, 6.07) is 13.2. The smallest absolute Gasteiger partial charge is 0.136 e. The molecule has 0 fully saturated rings. The van der Waals surface area contributed by atoms with Gasteiger partial charge in [-0.05, 0) is 42.8 Å². The Morgan fingerprint density at radius 1 is 1.10 bits per heavy atom. The van der Waals surface area contributed by atoms with E-state index < -0.39 is 0 Å². The Morgan fingerprint density at radius 3 is 2.80 bits per heavy atom. The zero-order valence-corrected chi connectivity index (χ0v) is 11.7. The van der Waals surface area contributed by atoms with Crippen molar-refractivity contribution in [3.05, 3.63) is 59.2 Å². The van der Waals surface area contributed by atoms with Crippen molar-refractivity contribution in [2.45, 2.75) is 6.92 Å². The predicted octanol–water partition coefficient (Wildman–Crippen LogP) is 4.57. The first-order chi connectivity index (χ1) is 9.65. The van der Waals surface area contributed by atoms with E-state index in [1.165, 1.54) is 0 Å². The Hall–Kier alpha value is -2.26. The molecule has 0 unspecified atom stereocenters. The van der Waals surface area contributed by atoms with Crippen molar-refractivity contribution in [3.63, 3.8) is 0 Å². The summed E-state index contributed by atoms with van der Waals surface area (Å²) < 4.78 is 5.98. The summed E-state index contributed by atoms with van der Waals surface area (Å²) in [4.78, 5) is 4.31. The summed E-state index contributed by atoms with van der Waals surface area (Å²) in [6.45, 7) is 1.94. The van der Waals surface area contributed by atoms with E-state index in [0.717, 1.165) is 22.2 Å². The molecule has 0 saturated heterocycles. The Bertz CT molecular complexity index is 781. The van der Waals surface area contributed by atoms with Gasteiger partial charge in [0.15, 0.2) is 0 Å². The number of hydrogen-bond acceptors (Lipinski definition) is 3. The van der Waals surface area contributed by atoms with Crippen LogP contribution in [0.4, 0.5) is 5.69 Å². The number of halogens is 1. The summed E-state index contributed by atoms with van der Waals surface area (Å²) >= 11 is 6.05. The van der Waals surface area contributed by atoms with E-state index in [9.17, 15) is 0 Å². The number of anilines is 1. The topological polar surface area (TPSA) is 48.1 Å². The highest BCUT2D eigenvalue weighted by atomic mass is 35.5. The fourth-order valence-electron chi connectivity index (χ4n) is 2.08. The lowest BCUT2D eigenvalue weighted by Crippen LogP contribution is -1.93. The summed E-state index contributed by atoms with van der Waals surface area (Å²) in [6.07, 6.45) is 1.76. The van der Waals surface area contributed by atoms with Crippen LogP contribution >= 0.6 is 11.6 Å². The van der Waals surface area contributed by atoms with Crippen molar-refractivity contribution < 1.29 is 4.74 Å². The molecule has 0 radical (unpaired) electrons. The van der Waals surface area contributed by atoms with Crippen LogP contribution in [-0.2, 0) is 0 Å². The van der Waals surface area contributed by atoms with Crippen molar-refractivity contribution in [3.8, 4) is 11.5 Å². The first kappa shape index (κ1) is 12.8. The molecule has 3 nitrogen and oxygen atoms in total. The van der Waals surface area contributed by atoms with Crippen LogP contribution in [0.15, 0.2) is 48.7 Å². The lowest BCUT2D eigenvalue weighted by molar-refractivity contribution is 0.484. The number of rotatable bonds is 2. The van der Waals surface area contributed by atoms with Crippen molar-refractivity contribution in [2.75, 3.05) is 5.73 Å². The van der Waals surface area contributed by atoms with Crippen LogP contribution < -0.4 is 10.5 Å². The standard InChI is InChI=1S/C16H13ClN2O/c1-10-8-13(18)12(17)9-16(10)20-15-6-2-5-14-11(15)4-3-7-19-14/h2-9H,18H2,1H3. The van der Waals surface area contributed by atoms with Crippen molar-refractivity contribution >= 4 is 28.2 Å². The van der Waals surface area contributed by atoms with Gasteiger partial charge in [0.2, 0.25) is 0 Å². The quantitative estimate of drug-likeness (QED) is 0.701. The minimum Gasteiger partial charge on any atom is -0.456 e. The maximum Gasteiger partial charge on any atom is 0.136 e. The molecule has 1 heterocycles. The van der Waals surface area contributed by atoms with Crippen LogP contribution in [0.25, 0.3) is 10.9 Å². The number of fused-ring (bicyclic) bond motifs is 1. The van der Waals surface area contributed by atoms with E-state index in [1.807, 2.05) is 37.3 Å². The summed E-state index contributed by atoms with van der Waals surface area (Å²) in [5.74, 6) is 1.44. The molecule has 0 aliphatic carbocycles. The van der Waals surface area contributed by atoms with Gasteiger partial charge in [-0.25, -0.2) is 0 Å². The molecule has 2 aromatic carbocycles. The monoisotopic (exact) mass is 284 g/mol. The highest BCUT2D eigenvalue weighted by molar-refractivity contribution is 6.33. The van der Waals surface area contributed by atoms with E-state index in [1.54, 1.807) is 18.3 Å². The first-order valence-electron chi connectivity index (χ1n) is 6.22. The van der Waals surface area contributed by atoms with Crippen molar-refractivity contribution in [2.24, 2.45) is 0 Å². The van der Waals surface area contributed by atoms with Crippen LogP contribution in [0, 0.1) is 6.92 Å². The van der Waals surface area contributed by atoms with Crippen molar-refractivity contribution in [1.29, 1.82) is 0 Å². The van der Waals surface area contributed by atoms with Crippen LogP contribution in [0.5, 0.6) is 11.5 Å².